The molecule has 18 heavy (non-hydrogen) atoms. The Morgan fingerprint density at radius 3 is 2.83 bits per heavy atom. The minimum Gasteiger partial charge on any atom is -0.479 e. The van der Waals surface area contributed by atoms with Gasteiger partial charge in [0.15, 0.2) is 11.8 Å². The molecule has 0 aromatic carbocycles. The predicted octanol–water partition coefficient (Wildman–Crippen LogP) is -1.32. The summed E-state index contributed by atoms with van der Waals surface area (Å²) < 4.78 is 25.3. The topological polar surface area (TPSA) is 140 Å². The van der Waals surface area contributed by atoms with Crippen molar-refractivity contribution in [2.24, 2.45) is 0 Å². The van der Waals surface area contributed by atoms with Crippen molar-refractivity contribution in [1.82, 2.24) is 9.71 Å². The van der Waals surface area contributed by atoms with Gasteiger partial charge in [-0.15, -0.1) is 0 Å². The number of carbonyl (C=O) groups is 1. The van der Waals surface area contributed by atoms with Crippen LogP contribution in [-0.2, 0) is 14.8 Å². The second-order valence-electron chi connectivity index (χ2n) is 3.17. The minimum atomic E-state index is -4.09. The summed E-state index contributed by atoms with van der Waals surface area (Å²) in [5, 5.41) is 26.1. The van der Waals surface area contributed by atoms with Crippen LogP contribution in [-0.4, -0.2) is 42.2 Å². The lowest BCUT2D eigenvalue weighted by molar-refractivity contribution is -0.146. The van der Waals surface area contributed by atoms with E-state index in [1.807, 2.05) is 4.72 Å². The molecule has 0 unspecified atom stereocenters. The summed E-state index contributed by atoms with van der Waals surface area (Å²) in [7, 11) is -4.09. The molecule has 0 aliphatic carbocycles. The van der Waals surface area contributed by atoms with E-state index in [0.717, 1.165) is 6.07 Å². The first-order chi connectivity index (χ1) is 8.38. The monoisotopic (exact) mass is 271 g/mol. The van der Waals surface area contributed by atoms with Crippen LogP contribution >= 0.6 is 0 Å². The van der Waals surface area contributed by atoms with Crippen molar-refractivity contribution in [3.8, 4) is 6.07 Å². The molecule has 0 saturated heterocycles. The average Bonchev–Trinajstić information content (AvgIpc) is 2.35. The molecule has 0 radical (unpaired) electrons. The highest BCUT2D eigenvalue weighted by atomic mass is 32.2. The van der Waals surface area contributed by atoms with E-state index >= 15 is 0 Å². The second kappa shape index (κ2) is 5.54. The lowest BCUT2D eigenvalue weighted by atomic mass is 10.4. The normalized spacial score (nSPS) is 12.7. The van der Waals surface area contributed by atoms with Gasteiger partial charge in [0.1, 0.15) is 11.0 Å². The molecule has 9 heteroatoms. The van der Waals surface area contributed by atoms with Gasteiger partial charge in [0.25, 0.3) is 0 Å². The lowest BCUT2D eigenvalue weighted by Crippen LogP contribution is -2.36. The Labute approximate surface area is 103 Å². The average molecular weight is 271 g/mol. The van der Waals surface area contributed by atoms with Gasteiger partial charge in [0.05, 0.1) is 0 Å². The Kier molecular flexibility index (Phi) is 4.33. The van der Waals surface area contributed by atoms with Gasteiger partial charge in [-0.1, -0.05) is 0 Å². The number of sulfonamides is 1. The Hall–Kier alpha value is -2.02. The largest absolute Gasteiger partial charge is 0.479 e. The number of nitriles is 1. The summed E-state index contributed by atoms with van der Waals surface area (Å²) in [5.74, 6) is -1.55. The molecule has 1 heterocycles. The zero-order valence-electron chi connectivity index (χ0n) is 8.94. The number of aliphatic carboxylic acids is 1. The second-order valence-corrected chi connectivity index (χ2v) is 4.90. The molecule has 1 rings (SSSR count). The standard InChI is InChI=1S/C9H9N3O5S/c10-4-6-8(2-1-3-11-6)18(16,17)12-5-7(13)9(14)15/h1-3,7,12-13H,5H2,(H,14,15)/t7-/m0/s1. The molecule has 96 valence electrons. The van der Waals surface area contributed by atoms with Crippen molar-refractivity contribution < 1.29 is 23.4 Å². The Balaban J connectivity index is 2.94. The summed E-state index contributed by atoms with van der Waals surface area (Å²) in [4.78, 5) is 13.5. The number of hydrogen-bond acceptors (Lipinski definition) is 6. The van der Waals surface area contributed by atoms with Gasteiger partial charge in [-0.2, -0.15) is 5.26 Å². The van der Waals surface area contributed by atoms with Crippen LogP contribution in [0.15, 0.2) is 23.2 Å². The zero-order chi connectivity index (χ0) is 13.8. The summed E-state index contributed by atoms with van der Waals surface area (Å²) in [6.45, 7) is -0.697. The summed E-state index contributed by atoms with van der Waals surface area (Å²) in [6, 6.07) is 4.08. The van der Waals surface area contributed by atoms with E-state index in [1.54, 1.807) is 6.07 Å². The number of aromatic nitrogens is 1. The molecule has 0 aliphatic heterocycles. The molecule has 0 spiro atoms. The van der Waals surface area contributed by atoms with Crippen LogP contribution < -0.4 is 4.72 Å². The molecule has 0 bridgehead atoms. The number of aliphatic hydroxyl groups is 1. The number of rotatable bonds is 5. The zero-order valence-corrected chi connectivity index (χ0v) is 9.75. The Bertz CT molecular complexity index is 592. The molecule has 8 nitrogen and oxygen atoms in total. The number of nitrogens with one attached hydrogen (secondary N) is 1. The highest BCUT2D eigenvalue weighted by Crippen LogP contribution is 2.11. The summed E-state index contributed by atoms with van der Waals surface area (Å²) >= 11 is 0. The van der Waals surface area contributed by atoms with Gasteiger partial charge in [0, 0.05) is 12.7 Å². The maximum absolute atomic E-state index is 11.7. The molecule has 3 N–H and O–H groups in total. The van der Waals surface area contributed by atoms with Crippen LogP contribution in [0.1, 0.15) is 5.69 Å². The third kappa shape index (κ3) is 3.24. The lowest BCUT2D eigenvalue weighted by Gasteiger charge is -2.09. The quantitative estimate of drug-likeness (QED) is 0.603. The highest BCUT2D eigenvalue weighted by molar-refractivity contribution is 7.89. The van der Waals surface area contributed by atoms with E-state index in [4.69, 9.17) is 15.5 Å². The van der Waals surface area contributed by atoms with Gasteiger partial charge in [-0.05, 0) is 12.1 Å². The third-order valence-corrected chi connectivity index (χ3v) is 3.37. The number of nitrogens with zero attached hydrogens (tertiary/aromatic N) is 2. The fourth-order valence-corrected chi connectivity index (χ4v) is 2.19. The fraction of sp³-hybridized carbons (Fsp3) is 0.222. The van der Waals surface area contributed by atoms with E-state index in [2.05, 4.69) is 4.98 Å². The molecule has 0 saturated carbocycles. The van der Waals surface area contributed by atoms with E-state index in [1.165, 1.54) is 12.3 Å². The van der Waals surface area contributed by atoms with Crippen molar-refractivity contribution in [2.75, 3.05) is 6.54 Å². The van der Waals surface area contributed by atoms with Crippen molar-refractivity contribution in [3.63, 3.8) is 0 Å². The van der Waals surface area contributed by atoms with Crippen LogP contribution in [0.4, 0.5) is 0 Å². The fourth-order valence-electron chi connectivity index (χ4n) is 1.05. The van der Waals surface area contributed by atoms with Crippen molar-refractivity contribution in [1.29, 1.82) is 5.26 Å². The Morgan fingerprint density at radius 1 is 1.61 bits per heavy atom. The van der Waals surface area contributed by atoms with Gasteiger partial charge in [-0.3, -0.25) is 0 Å². The van der Waals surface area contributed by atoms with Gasteiger partial charge >= 0.3 is 5.97 Å². The number of aliphatic hydroxyl groups excluding tert-OH is 1. The first-order valence-electron chi connectivity index (χ1n) is 4.64. The van der Waals surface area contributed by atoms with Crippen molar-refractivity contribution in [3.05, 3.63) is 24.0 Å². The molecular weight excluding hydrogens is 262 g/mol. The minimum absolute atomic E-state index is 0.310. The van der Waals surface area contributed by atoms with E-state index in [9.17, 15) is 13.2 Å². The first-order valence-corrected chi connectivity index (χ1v) is 6.12. The van der Waals surface area contributed by atoms with Crippen molar-refractivity contribution in [2.45, 2.75) is 11.0 Å². The molecule has 0 aliphatic rings. The van der Waals surface area contributed by atoms with E-state index in [0.29, 0.717) is 0 Å². The van der Waals surface area contributed by atoms with Crippen LogP contribution in [0, 0.1) is 11.3 Å². The highest BCUT2D eigenvalue weighted by Gasteiger charge is 2.22. The van der Waals surface area contributed by atoms with Crippen molar-refractivity contribution >= 4 is 16.0 Å². The Morgan fingerprint density at radius 2 is 2.28 bits per heavy atom. The smallest absolute Gasteiger partial charge is 0.333 e. The van der Waals surface area contributed by atoms with Crippen LogP contribution in [0.25, 0.3) is 0 Å². The maximum Gasteiger partial charge on any atom is 0.333 e. The molecular formula is C9H9N3O5S. The summed E-state index contributed by atoms with van der Waals surface area (Å²) in [6.07, 6.45) is -0.606. The number of carboxylic acid groups (broad SMARTS) is 1. The molecule has 0 amide bonds. The molecule has 1 aromatic heterocycles. The third-order valence-electron chi connectivity index (χ3n) is 1.92. The number of pyridine rings is 1. The maximum atomic E-state index is 11.7. The molecule has 1 atom stereocenters. The molecule has 1 aromatic rings. The predicted molar refractivity (Wildman–Crippen MR) is 57.8 cm³/mol. The van der Waals surface area contributed by atoms with Crippen LogP contribution in [0.2, 0.25) is 0 Å². The number of hydrogen-bond donors (Lipinski definition) is 3. The van der Waals surface area contributed by atoms with E-state index in [-0.39, 0.29) is 10.6 Å². The molecule has 0 fully saturated rings. The van der Waals surface area contributed by atoms with Crippen LogP contribution in [0.3, 0.4) is 0 Å². The SMILES string of the molecule is N#Cc1ncccc1S(=O)(=O)NC[C@H](O)C(=O)O. The number of carboxylic acids is 1. The van der Waals surface area contributed by atoms with Gasteiger partial charge in [-0.25, -0.2) is 22.9 Å². The van der Waals surface area contributed by atoms with E-state index < -0.39 is 28.6 Å². The van der Waals surface area contributed by atoms with Crippen LogP contribution in [0.5, 0.6) is 0 Å². The van der Waals surface area contributed by atoms with Gasteiger partial charge in [0.2, 0.25) is 10.0 Å². The first kappa shape index (κ1) is 14.0. The summed E-state index contributed by atoms with van der Waals surface area (Å²) in [5.41, 5.74) is -0.310. The van der Waals surface area contributed by atoms with Gasteiger partial charge < -0.3 is 10.2 Å².